The largest absolute Gasteiger partial charge is 0.492 e. The van der Waals surface area contributed by atoms with E-state index in [1.165, 1.54) is 19.2 Å². The Bertz CT molecular complexity index is 509. The maximum Gasteiger partial charge on any atom is 0.339 e. The van der Waals surface area contributed by atoms with E-state index < -0.39 is 11.9 Å². The van der Waals surface area contributed by atoms with Crippen LogP contribution < -0.4 is 14.2 Å². The molecular formula is C12H12O7. The number of esters is 1. The molecule has 0 unspecified atom stereocenters. The Morgan fingerprint density at radius 1 is 1.32 bits per heavy atom. The fraction of sp³-hybridized carbons (Fsp3) is 0.333. The summed E-state index contributed by atoms with van der Waals surface area (Å²) in [6.45, 7) is 0.0621. The molecular weight excluding hydrogens is 256 g/mol. The zero-order valence-electron chi connectivity index (χ0n) is 10.2. The van der Waals surface area contributed by atoms with Crippen molar-refractivity contribution in [3.63, 3.8) is 0 Å². The molecule has 0 spiro atoms. The molecule has 7 nitrogen and oxygen atoms in total. The van der Waals surface area contributed by atoms with Gasteiger partial charge in [0.25, 0.3) is 0 Å². The summed E-state index contributed by atoms with van der Waals surface area (Å²) in [5.74, 6) is -0.680. The number of fused-ring (bicyclic) bond motifs is 1. The second-order valence-electron chi connectivity index (χ2n) is 3.68. The lowest BCUT2D eigenvalue weighted by Gasteiger charge is -2.09. The van der Waals surface area contributed by atoms with E-state index >= 15 is 0 Å². The number of rotatable bonds is 5. The quantitative estimate of drug-likeness (QED) is 0.798. The molecule has 1 aliphatic rings. The minimum Gasteiger partial charge on any atom is -0.492 e. The van der Waals surface area contributed by atoms with Crippen molar-refractivity contribution in [2.24, 2.45) is 0 Å². The van der Waals surface area contributed by atoms with Crippen LogP contribution in [0.1, 0.15) is 16.8 Å². The number of aromatic carboxylic acids is 1. The standard InChI is InChI=1S/C12H12O7/c1-16-11(13)2-3-17-8-5-10-9(18-6-19-10)4-7(8)12(14)15/h4-5H,2-3,6H2,1H3,(H,14,15). The van der Waals surface area contributed by atoms with Gasteiger partial charge in [0.1, 0.15) is 11.3 Å². The van der Waals surface area contributed by atoms with Crippen molar-refractivity contribution < 1.29 is 33.6 Å². The van der Waals surface area contributed by atoms with Gasteiger partial charge in [-0.2, -0.15) is 0 Å². The van der Waals surface area contributed by atoms with Crippen LogP contribution in [0.4, 0.5) is 0 Å². The molecule has 1 aromatic rings. The fourth-order valence-electron chi connectivity index (χ4n) is 1.56. The normalized spacial score (nSPS) is 12.1. The maximum atomic E-state index is 11.1. The molecule has 0 radical (unpaired) electrons. The average molecular weight is 268 g/mol. The van der Waals surface area contributed by atoms with Crippen LogP contribution in [0.5, 0.6) is 17.2 Å². The predicted molar refractivity (Wildman–Crippen MR) is 61.7 cm³/mol. The van der Waals surface area contributed by atoms with E-state index in [0.29, 0.717) is 11.5 Å². The summed E-state index contributed by atoms with van der Waals surface area (Å²) < 4.78 is 20.0. The molecule has 1 N–H and O–H groups in total. The Hall–Kier alpha value is -2.44. The second kappa shape index (κ2) is 5.47. The van der Waals surface area contributed by atoms with Crippen LogP contribution >= 0.6 is 0 Å². The fourth-order valence-corrected chi connectivity index (χ4v) is 1.56. The lowest BCUT2D eigenvalue weighted by Crippen LogP contribution is -2.09. The molecule has 1 aromatic carbocycles. The van der Waals surface area contributed by atoms with Crippen LogP contribution in [0.3, 0.4) is 0 Å². The van der Waals surface area contributed by atoms with Gasteiger partial charge in [-0.3, -0.25) is 4.79 Å². The Morgan fingerprint density at radius 3 is 2.63 bits per heavy atom. The van der Waals surface area contributed by atoms with Gasteiger partial charge in [-0.15, -0.1) is 0 Å². The van der Waals surface area contributed by atoms with E-state index in [1.807, 2.05) is 0 Å². The molecule has 0 amide bonds. The molecule has 0 fully saturated rings. The number of benzene rings is 1. The summed E-state index contributed by atoms with van der Waals surface area (Å²) in [7, 11) is 1.27. The highest BCUT2D eigenvalue weighted by molar-refractivity contribution is 5.92. The number of methoxy groups -OCH3 is 1. The molecule has 0 saturated heterocycles. The van der Waals surface area contributed by atoms with E-state index in [9.17, 15) is 9.59 Å². The first-order chi connectivity index (χ1) is 9.11. The summed E-state index contributed by atoms with van der Waals surface area (Å²) in [4.78, 5) is 22.1. The molecule has 0 atom stereocenters. The van der Waals surface area contributed by atoms with Gasteiger partial charge in [-0.25, -0.2) is 4.79 Å². The molecule has 0 saturated carbocycles. The van der Waals surface area contributed by atoms with Crippen molar-refractivity contribution in [2.75, 3.05) is 20.5 Å². The smallest absolute Gasteiger partial charge is 0.339 e. The van der Waals surface area contributed by atoms with Gasteiger partial charge in [0.2, 0.25) is 6.79 Å². The van der Waals surface area contributed by atoms with Crippen LogP contribution in [0.25, 0.3) is 0 Å². The van der Waals surface area contributed by atoms with Crippen LogP contribution in [0.2, 0.25) is 0 Å². The van der Waals surface area contributed by atoms with E-state index in [2.05, 4.69) is 4.74 Å². The molecule has 1 aliphatic heterocycles. The number of hydrogen-bond donors (Lipinski definition) is 1. The predicted octanol–water partition coefficient (Wildman–Crippen LogP) is 1.06. The number of hydrogen-bond acceptors (Lipinski definition) is 6. The van der Waals surface area contributed by atoms with Gasteiger partial charge in [-0.1, -0.05) is 0 Å². The first-order valence-electron chi connectivity index (χ1n) is 5.48. The number of carbonyl (C=O) groups is 2. The zero-order chi connectivity index (χ0) is 13.8. The zero-order valence-corrected chi connectivity index (χ0v) is 10.2. The van der Waals surface area contributed by atoms with Crippen molar-refractivity contribution in [1.29, 1.82) is 0 Å². The van der Waals surface area contributed by atoms with Crippen LogP contribution in [0.15, 0.2) is 12.1 Å². The molecule has 102 valence electrons. The van der Waals surface area contributed by atoms with Crippen molar-refractivity contribution in [2.45, 2.75) is 6.42 Å². The highest BCUT2D eigenvalue weighted by atomic mass is 16.7. The van der Waals surface area contributed by atoms with E-state index in [0.717, 1.165) is 0 Å². The van der Waals surface area contributed by atoms with Crippen LogP contribution in [0, 0.1) is 0 Å². The molecule has 0 aliphatic carbocycles. The van der Waals surface area contributed by atoms with Crippen molar-refractivity contribution in [3.05, 3.63) is 17.7 Å². The van der Waals surface area contributed by atoms with E-state index in [-0.39, 0.29) is 31.1 Å². The van der Waals surface area contributed by atoms with Gasteiger partial charge in [0, 0.05) is 12.1 Å². The molecule has 2 rings (SSSR count). The molecule has 0 bridgehead atoms. The monoisotopic (exact) mass is 268 g/mol. The summed E-state index contributed by atoms with van der Waals surface area (Å²) >= 11 is 0. The number of carboxylic acid groups (broad SMARTS) is 1. The number of ether oxygens (including phenoxy) is 4. The second-order valence-corrected chi connectivity index (χ2v) is 3.68. The van der Waals surface area contributed by atoms with Crippen molar-refractivity contribution in [1.82, 2.24) is 0 Å². The van der Waals surface area contributed by atoms with E-state index in [1.54, 1.807) is 0 Å². The third-order valence-corrected chi connectivity index (χ3v) is 2.50. The molecule has 0 aromatic heterocycles. The van der Waals surface area contributed by atoms with Crippen LogP contribution in [-0.2, 0) is 9.53 Å². The van der Waals surface area contributed by atoms with Gasteiger partial charge in [0.15, 0.2) is 11.5 Å². The van der Waals surface area contributed by atoms with E-state index in [4.69, 9.17) is 19.3 Å². The summed E-state index contributed by atoms with van der Waals surface area (Å²) in [6, 6.07) is 2.77. The number of carbonyl (C=O) groups excluding carboxylic acids is 1. The Labute approximate surface area is 108 Å². The van der Waals surface area contributed by atoms with Crippen molar-refractivity contribution >= 4 is 11.9 Å². The lowest BCUT2D eigenvalue weighted by molar-refractivity contribution is -0.141. The Kier molecular flexibility index (Phi) is 3.74. The number of carboxylic acids is 1. The highest BCUT2D eigenvalue weighted by Gasteiger charge is 2.21. The average Bonchev–Trinajstić information content (AvgIpc) is 2.84. The van der Waals surface area contributed by atoms with Gasteiger partial charge in [0.05, 0.1) is 20.1 Å². The summed E-state index contributed by atoms with van der Waals surface area (Å²) in [6.07, 6.45) is 0.0317. The molecule has 19 heavy (non-hydrogen) atoms. The van der Waals surface area contributed by atoms with Gasteiger partial charge in [-0.05, 0) is 0 Å². The van der Waals surface area contributed by atoms with Crippen LogP contribution in [-0.4, -0.2) is 37.6 Å². The first kappa shape index (κ1) is 13.0. The maximum absolute atomic E-state index is 11.1. The lowest BCUT2D eigenvalue weighted by atomic mass is 10.2. The summed E-state index contributed by atoms with van der Waals surface area (Å²) in [5, 5.41) is 9.08. The highest BCUT2D eigenvalue weighted by Crippen LogP contribution is 2.38. The first-order valence-corrected chi connectivity index (χ1v) is 5.48. The molecule has 1 heterocycles. The SMILES string of the molecule is COC(=O)CCOc1cc2c(cc1C(=O)O)OCO2. The van der Waals surface area contributed by atoms with Gasteiger partial charge < -0.3 is 24.1 Å². The summed E-state index contributed by atoms with van der Waals surface area (Å²) in [5.41, 5.74) is -0.0471. The Balaban J connectivity index is 2.14. The minimum absolute atomic E-state index is 0.0204. The topological polar surface area (TPSA) is 91.3 Å². The third kappa shape index (κ3) is 2.87. The molecule has 7 heteroatoms. The Morgan fingerprint density at radius 2 is 2.00 bits per heavy atom. The third-order valence-electron chi connectivity index (χ3n) is 2.50. The minimum atomic E-state index is -1.15. The van der Waals surface area contributed by atoms with Gasteiger partial charge >= 0.3 is 11.9 Å². The van der Waals surface area contributed by atoms with Crippen molar-refractivity contribution in [3.8, 4) is 17.2 Å².